The van der Waals surface area contributed by atoms with Crippen molar-refractivity contribution in [3.05, 3.63) is 29.6 Å². The van der Waals surface area contributed by atoms with Crippen molar-refractivity contribution in [2.45, 2.75) is 66.0 Å². The van der Waals surface area contributed by atoms with E-state index in [0.717, 1.165) is 45.4 Å². The largest absolute Gasteiger partial charge is 0.465 e. The number of benzene rings is 1. The van der Waals surface area contributed by atoms with Gasteiger partial charge in [-0.05, 0) is 64.2 Å². The first-order valence-corrected chi connectivity index (χ1v) is 15.1. The van der Waals surface area contributed by atoms with E-state index < -0.39 is 11.9 Å². The molecular weight excluding hydrogens is 555 g/mol. The minimum atomic E-state index is -0.986. The molecule has 0 aliphatic carbocycles. The molecule has 2 amide bonds. The Hall–Kier alpha value is -3.74. The van der Waals surface area contributed by atoms with Gasteiger partial charge >= 0.3 is 6.09 Å². The van der Waals surface area contributed by atoms with Crippen LogP contribution in [-0.4, -0.2) is 100 Å². The van der Waals surface area contributed by atoms with E-state index in [1.54, 1.807) is 11.9 Å². The van der Waals surface area contributed by atoms with Crippen LogP contribution < -0.4 is 20.3 Å². The van der Waals surface area contributed by atoms with E-state index in [4.69, 9.17) is 9.84 Å². The summed E-state index contributed by atoms with van der Waals surface area (Å²) >= 11 is 0. The number of nitrogens with zero attached hydrogens (tertiary/aromatic N) is 6. The number of hydrogen-bond donors (Lipinski definition) is 3. The zero-order chi connectivity index (χ0) is 31.3. The summed E-state index contributed by atoms with van der Waals surface area (Å²) < 4.78 is 20.5. The van der Waals surface area contributed by atoms with Crippen LogP contribution >= 0.6 is 0 Å². The number of carbonyl (C=O) groups is 2. The molecule has 2 aliphatic heterocycles. The van der Waals surface area contributed by atoms with Crippen molar-refractivity contribution in [1.29, 1.82) is 0 Å². The molecule has 12 nitrogen and oxygen atoms in total. The number of ether oxygens (including phenoxy) is 1. The van der Waals surface area contributed by atoms with Gasteiger partial charge in [0.2, 0.25) is 5.95 Å². The minimum absolute atomic E-state index is 0.0694. The SMILES string of the molecule is CCN(C(=O)c1cc(F)ccc1Oc1nnc(NC)nc1N1CCC2(C1)CN([C@H](CCCNC(=O)O)C(C)C)C2)C(C)C. The second kappa shape index (κ2) is 13.7. The fraction of sp³-hybridized carbons (Fsp3) is 0.633. The Labute approximate surface area is 253 Å². The van der Waals surface area contributed by atoms with Crippen LogP contribution in [0.2, 0.25) is 0 Å². The summed E-state index contributed by atoms with van der Waals surface area (Å²) in [6.07, 6.45) is 1.72. The normalized spacial score (nSPS) is 16.8. The molecule has 3 heterocycles. The molecule has 0 bridgehead atoms. The van der Waals surface area contributed by atoms with Crippen molar-refractivity contribution in [3.8, 4) is 11.6 Å². The predicted octanol–water partition coefficient (Wildman–Crippen LogP) is 4.30. The van der Waals surface area contributed by atoms with Gasteiger partial charge in [0.15, 0.2) is 5.82 Å². The topological polar surface area (TPSA) is 136 Å². The maximum absolute atomic E-state index is 14.3. The maximum Gasteiger partial charge on any atom is 0.404 e. The van der Waals surface area contributed by atoms with Gasteiger partial charge in [-0.3, -0.25) is 9.69 Å². The average Bonchev–Trinajstić information content (AvgIpc) is 3.39. The first-order valence-electron chi connectivity index (χ1n) is 15.1. The number of likely N-dealkylation sites (tertiary alicyclic amines) is 1. The lowest BCUT2D eigenvalue weighted by atomic mass is 9.76. The highest BCUT2D eigenvalue weighted by molar-refractivity contribution is 5.97. The van der Waals surface area contributed by atoms with Gasteiger partial charge < -0.3 is 30.3 Å². The van der Waals surface area contributed by atoms with Crippen molar-refractivity contribution < 1.29 is 23.8 Å². The van der Waals surface area contributed by atoms with Gasteiger partial charge in [0.1, 0.15) is 11.6 Å². The minimum Gasteiger partial charge on any atom is -0.465 e. The monoisotopic (exact) mass is 600 g/mol. The summed E-state index contributed by atoms with van der Waals surface area (Å²) in [5.41, 5.74) is 0.219. The molecule has 236 valence electrons. The Kier molecular flexibility index (Phi) is 10.3. The number of nitrogens with one attached hydrogen (secondary N) is 2. The first kappa shape index (κ1) is 32.2. The third-order valence-corrected chi connectivity index (χ3v) is 8.47. The van der Waals surface area contributed by atoms with Gasteiger partial charge in [0.05, 0.1) is 5.56 Å². The van der Waals surface area contributed by atoms with Gasteiger partial charge in [0, 0.05) is 63.8 Å². The number of halogens is 1. The lowest BCUT2D eigenvalue weighted by molar-refractivity contribution is -0.0338. The van der Waals surface area contributed by atoms with Crippen LogP contribution in [0.5, 0.6) is 11.6 Å². The molecule has 2 saturated heterocycles. The molecule has 43 heavy (non-hydrogen) atoms. The van der Waals surface area contributed by atoms with E-state index in [1.807, 2.05) is 20.8 Å². The van der Waals surface area contributed by atoms with Gasteiger partial charge in [-0.15, -0.1) is 10.2 Å². The fourth-order valence-corrected chi connectivity index (χ4v) is 6.31. The Morgan fingerprint density at radius 3 is 2.56 bits per heavy atom. The van der Waals surface area contributed by atoms with Crippen LogP contribution in [0, 0.1) is 17.2 Å². The molecule has 4 rings (SSSR count). The predicted molar refractivity (Wildman–Crippen MR) is 162 cm³/mol. The number of carboxylic acid groups (broad SMARTS) is 1. The van der Waals surface area contributed by atoms with E-state index >= 15 is 0 Å². The average molecular weight is 601 g/mol. The molecule has 0 radical (unpaired) electrons. The molecule has 2 fully saturated rings. The lowest BCUT2D eigenvalue weighted by Gasteiger charge is -2.53. The lowest BCUT2D eigenvalue weighted by Crippen LogP contribution is -2.62. The Morgan fingerprint density at radius 1 is 1.19 bits per heavy atom. The zero-order valence-corrected chi connectivity index (χ0v) is 26.1. The molecular formula is C30H45FN8O4. The highest BCUT2D eigenvalue weighted by atomic mass is 19.1. The van der Waals surface area contributed by atoms with E-state index in [-0.39, 0.29) is 34.6 Å². The van der Waals surface area contributed by atoms with Crippen molar-refractivity contribution >= 4 is 23.8 Å². The number of rotatable bonds is 13. The van der Waals surface area contributed by atoms with Gasteiger partial charge in [-0.25, -0.2) is 9.18 Å². The molecule has 0 saturated carbocycles. The summed E-state index contributed by atoms with van der Waals surface area (Å²) in [6.45, 7) is 14.5. The van der Waals surface area contributed by atoms with E-state index in [9.17, 15) is 14.0 Å². The first-order chi connectivity index (χ1) is 20.5. The molecule has 1 atom stereocenters. The molecule has 1 spiro atoms. The Bertz CT molecular complexity index is 1290. The standard InChI is InChI=1S/C30H45FN8O4/c1-7-39(20(4)5)27(40)22-15-21(31)10-11-24(22)43-26-25(34-28(32-6)36-35-26)37-14-12-30(16-37)17-38(18-30)23(19(2)3)9-8-13-33-29(41)42/h10-11,15,19-20,23,33H,7-9,12-14,16-18H2,1-6H3,(H,41,42)(H,32,34,36)/t23-/m1/s1. The second-order valence-corrected chi connectivity index (χ2v) is 12.2. The quantitative estimate of drug-likeness (QED) is 0.286. The summed E-state index contributed by atoms with van der Waals surface area (Å²) in [5.74, 6) is 0.826. The van der Waals surface area contributed by atoms with Gasteiger partial charge in [-0.1, -0.05) is 13.8 Å². The molecule has 13 heteroatoms. The van der Waals surface area contributed by atoms with Crippen LogP contribution in [0.25, 0.3) is 0 Å². The van der Waals surface area contributed by atoms with Crippen LogP contribution in [0.15, 0.2) is 18.2 Å². The Morgan fingerprint density at radius 2 is 1.93 bits per heavy atom. The fourth-order valence-electron chi connectivity index (χ4n) is 6.31. The van der Waals surface area contributed by atoms with Gasteiger partial charge in [0.25, 0.3) is 11.8 Å². The molecule has 2 aliphatic rings. The highest BCUT2D eigenvalue weighted by Crippen LogP contribution is 2.45. The smallest absolute Gasteiger partial charge is 0.404 e. The molecule has 1 aromatic heterocycles. The number of aromatic nitrogens is 3. The zero-order valence-electron chi connectivity index (χ0n) is 26.1. The Balaban J connectivity index is 1.51. The molecule has 2 aromatic rings. The number of anilines is 2. The third kappa shape index (κ3) is 7.43. The van der Waals surface area contributed by atoms with Crippen LogP contribution in [0.4, 0.5) is 21.0 Å². The second-order valence-electron chi connectivity index (χ2n) is 12.2. The van der Waals surface area contributed by atoms with Crippen molar-refractivity contribution in [2.75, 3.05) is 56.5 Å². The summed E-state index contributed by atoms with van der Waals surface area (Å²) in [7, 11) is 1.72. The molecule has 3 N–H and O–H groups in total. The molecule has 1 aromatic carbocycles. The van der Waals surface area contributed by atoms with Crippen LogP contribution in [0.1, 0.15) is 64.2 Å². The number of hydrogen-bond acceptors (Lipinski definition) is 9. The van der Waals surface area contributed by atoms with E-state index in [0.29, 0.717) is 36.8 Å². The van der Waals surface area contributed by atoms with E-state index in [1.165, 1.54) is 18.2 Å². The maximum atomic E-state index is 14.3. The van der Waals surface area contributed by atoms with Gasteiger partial charge in [-0.2, -0.15) is 4.98 Å². The van der Waals surface area contributed by atoms with Crippen molar-refractivity contribution in [2.24, 2.45) is 11.3 Å². The van der Waals surface area contributed by atoms with Crippen LogP contribution in [-0.2, 0) is 0 Å². The summed E-state index contributed by atoms with van der Waals surface area (Å²) in [6, 6.07) is 4.22. The number of carbonyl (C=O) groups excluding carboxylic acids is 1. The highest BCUT2D eigenvalue weighted by Gasteiger charge is 2.50. The number of amides is 2. The van der Waals surface area contributed by atoms with Crippen molar-refractivity contribution in [1.82, 2.24) is 30.3 Å². The third-order valence-electron chi connectivity index (χ3n) is 8.47. The van der Waals surface area contributed by atoms with Crippen molar-refractivity contribution in [3.63, 3.8) is 0 Å². The molecule has 0 unspecified atom stereocenters. The summed E-state index contributed by atoms with van der Waals surface area (Å²) in [4.78, 5) is 35.2. The summed E-state index contributed by atoms with van der Waals surface area (Å²) in [5, 5.41) is 22.7. The van der Waals surface area contributed by atoms with Crippen LogP contribution in [0.3, 0.4) is 0 Å². The van der Waals surface area contributed by atoms with E-state index in [2.05, 4.69) is 49.5 Å².